The second-order valence-electron chi connectivity index (χ2n) is 3.30. The molecule has 1 saturated carbocycles. The lowest BCUT2D eigenvalue weighted by molar-refractivity contribution is -0.274. The Balaban J connectivity index is 2.75. The first-order valence-corrected chi connectivity index (χ1v) is 4.06. The van der Waals surface area contributed by atoms with E-state index in [9.17, 15) is 31.1 Å². The third-order valence-electron chi connectivity index (χ3n) is 1.84. The van der Waals surface area contributed by atoms with Crippen LogP contribution < -0.4 is 5.32 Å². The number of carbonyl (C=O) groups excluding carboxylic acids is 1. The molecule has 15 heavy (non-hydrogen) atoms. The van der Waals surface area contributed by atoms with E-state index in [2.05, 4.69) is 0 Å². The van der Waals surface area contributed by atoms with Crippen LogP contribution in [0, 0.1) is 5.92 Å². The Hall–Kier alpha value is -0.950. The minimum absolute atomic E-state index is 0.425. The van der Waals surface area contributed by atoms with Crippen LogP contribution in [0.1, 0.15) is 12.8 Å². The molecule has 1 aliphatic carbocycles. The molecule has 2 nitrogen and oxygen atoms in total. The van der Waals surface area contributed by atoms with Gasteiger partial charge in [0.2, 0.25) is 11.8 Å². The van der Waals surface area contributed by atoms with Crippen LogP contribution in [0.4, 0.5) is 26.3 Å². The van der Waals surface area contributed by atoms with Crippen LogP contribution in [0.5, 0.6) is 0 Å². The highest BCUT2D eigenvalue weighted by Crippen LogP contribution is 2.39. The van der Waals surface area contributed by atoms with Crippen LogP contribution >= 0.6 is 0 Å². The van der Waals surface area contributed by atoms with Crippen molar-refractivity contribution < 1.29 is 31.1 Å². The van der Waals surface area contributed by atoms with Gasteiger partial charge in [0.25, 0.3) is 0 Å². The van der Waals surface area contributed by atoms with Crippen LogP contribution in [0.25, 0.3) is 0 Å². The molecule has 1 fully saturated rings. The average Bonchev–Trinajstić information content (AvgIpc) is 2.62. The molecule has 88 valence electrons. The van der Waals surface area contributed by atoms with Crippen LogP contribution in [-0.2, 0) is 4.79 Å². The first-order chi connectivity index (χ1) is 6.62. The fourth-order valence-electron chi connectivity index (χ4n) is 0.995. The number of hydrogen-bond acceptors (Lipinski definition) is 1. The number of amides is 1. The van der Waals surface area contributed by atoms with Crippen molar-refractivity contribution in [2.45, 2.75) is 31.2 Å². The molecule has 0 bridgehead atoms. The molecule has 0 aromatic carbocycles. The lowest BCUT2D eigenvalue weighted by atomic mass is 10.1. The molecule has 1 N–H and O–H groups in total. The monoisotopic (exact) mass is 235 g/mol. The van der Waals surface area contributed by atoms with Crippen molar-refractivity contribution in [2.75, 3.05) is 0 Å². The summed E-state index contributed by atoms with van der Waals surface area (Å²) < 4.78 is 71.7. The maximum atomic E-state index is 12.0. The van der Waals surface area contributed by atoms with Crippen LogP contribution in [0.3, 0.4) is 0 Å². The van der Waals surface area contributed by atoms with E-state index in [4.69, 9.17) is 0 Å². The van der Waals surface area contributed by atoms with Gasteiger partial charge in [0.05, 0.1) is 0 Å². The number of carbonyl (C=O) groups is 1. The van der Waals surface area contributed by atoms with Gasteiger partial charge in [-0.2, -0.15) is 26.3 Å². The summed E-state index contributed by atoms with van der Waals surface area (Å²) in [6.45, 7) is 0. The Morgan fingerprint density at radius 2 is 1.47 bits per heavy atom. The highest BCUT2D eigenvalue weighted by atomic mass is 19.4. The summed E-state index contributed by atoms with van der Waals surface area (Å²) >= 11 is 0. The number of rotatable bonds is 2. The Kier molecular flexibility index (Phi) is 2.88. The largest absolute Gasteiger partial charge is 0.409 e. The molecule has 0 radical (unpaired) electrons. The minimum atomic E-state index is -5.60. The quantitative estimate of drug-likeness (QED) is 0.729. The van der Waals surface area contributed by atoms with Crippen molar-refractivity contribution in [1.29, 1.82) is 0 Å². The van der Waals surface area contributed by atoms with E-state index in [1.165, 1.54) is 0 Å². The van der Waals surface area contributed by atoms with E-state index >= 15 is 0 Å². The van der Waals surface area contributed by atoms with Crippen molar-refractivity contribution in [1.82, 2.24) is 5.32 Å². The van der Waals surface area contributed by atoms with Crippen molar-refractivity contribution in [3.8, 4) is 0 Å². The molecule has 0 spiro atoms. The van der Waals surface area contributed by atoms with Gasteiger partial charge in [0, 0.05) is 6.04 Å². The van der Waals surface area contributed by atoms with E-state index < -0.39 is 30.2 Å². The summed E-state index contributed by atoms with van der Waals surface area (Å²) in [6, 6.07) is -0.537. The van der Waals surface area contributed by atoms with Gasteiger partial charge in [-0.3, -0.25) is 4.79 Å². The van der Waals surface area contributed by atoms with Crippen molar-refractivity contribution in [3.05, 3.63) is 0 Å². The predicted octanol–water partition coefficient (Wildman–Crippen LogP) is 2.01. The summed E-state index contributed by atoms with van der Waals surface area (Å²) in [6.07, 6.45) is -10.4. The van der Waals surface area contributed by atoms with Gasteiger partial charge in [0.1, 0.15) is 0 Å². The standard InChI is InChI=1S/C7H7F6NO/c8-6(9,10)4(7(11,12)13)5(15)14-3-1-2-3/h3-4H,1-2H2,(H,14,15). The van der Waals surface area contributed by atoms with Gasteiger partial charge in [-0.05, 0) is 12.8 Å². The third-order valence-corrected chi connectivity index (χ3v) is 1.84. The smallest absolute Gasteiger partial charge is 0.353 e. The zero-order valence-corrected chi connectivity index (χ0v) is 7.24. The molecular formula is C7H7F6NO. The van der Waals surface area contributed by atoms with E-state index in [0.29, 0.717) is 12.8 Å². The second kappa shape index (κ2) is 3.57. The number of hydrogen-bond donors (Lipinski definition) is 1. The second-order valence-corrected chi connectivity index (χ2v) is 3.30. The fourth-order valence-corrected chi connectivity index (χ4v) is 0.995. The molecular weight excluding hydrogens is 228 g/mol. The zero-order chi connectivity index (χ0) is 11.9. The normalized spacial score (nSPS) is 18.1. The Morgan fingerprint density at radius 1 is 1.07 bits per heavy atom. The van der Waals surface area contributed by atoms with Gasteiger partial charge in [0.15, 0.2) is 0 Å². The molecule has 0 atom stereocenters. The number of halogens is 6. The SMILES string of the molecule is O=C(NC1CC1)C(C(F)(F)F)C(F)(F)F. The summed E-state index contributed by atoms with van der Waals surface area (Å²) in [5.41, 5.74) is 0. The van der Waals surface area contributed by atoms with E-state index in [1.807, 2.05) is 0 Å². The first-order valence-electron chi connectivity index (χ1n) is 4.06. The Morgan fingerprint density at radius 3 is 1.73 bits per heavy atom. The summed E-state index contributed by atoms with van der Waals surface area (Å²) in [7, 11) is 0. The third kappa shape index (κ3) is 3.28. The van der Waals surface area contributed by atoms with E-state index in [1.54, 1.807) is 5.32 Å². The highest BCUT2D eigenvalue weighted by molar-refractivity contribution is 5.80. The van der Waals surface area contributed by atoms with Gasteiger partial charge in [-0.25, -0.2) is 0 Å². The maximum Gasteiger partial charge on any atom is 0.409 e. The van der Waals surface area contributed by atoms with Crippen molar-refractivity contribution in [3.63, 3.8) is 0 Å². The average molecular weight is 235 g/mol. The number of nitrogens with one attached hydrogen (secondary N) is 1. The van der Waals surface area contributed by atoms with Crippen molar-refractivity contribution >= 4 is 5.91 Å². The molecule has 1 aliphatic rings. The molecule has 0 saturated heterocycles. The summed E-state index contributed by atoms with van der Waals surface area (Å²) in [4.78, 5) is 10.7. The van der Waals surface area contributed by atoms with Gasteiger partial charge < -0.3 is 5.32 Å². The lowest BCUT2D eigenvalue weighted by Crippen LogP contribution is -2.48. The minimum Gasteiger partial charge on any atom is -0.353 e. The lowest BCUT2D eigenvalue weighted by Gasteiger charge is -2.21. The molecule has 1 amide bonds. The van der Waals surface area contributed by atoms with E-state index in [0.717, 1.165) is 0 Å². The van der Waals surface area contributed by atoms with Gasteiger partial charge in [-0.1, -0.05) is 0 Å². The molecule has 8 heteroatoms. The topological polar surface area (TPSA) is 29.1 Å². The Labute approximate surface area is 80.6 Å². The Bertz CT molecular complexity index is 239. The molecule has 0 heterocycles. The zero-order valence-electron chi connectivity index (χ0n) is 7.24. The molecule has 0 unspecified atom stereocenters. The molecule has 0 aromatic heterocycles. The summed E-state index contributed by atoms with van der Waals surface area (Å²) in [5.74, 6) is -5.94. The maximum absolute atomic E-state index is 12.0. The van der Waals surface area contributed by atoms with Crippen LogP contribution in [0.15, 0.2) is 0 Å². The first kappa shape index (κ1) is 12.1. The highest BCUT2D eigenvalue weighted by Gasteiger charge is 2.61. The van der Waals surface area contributed by atoms with Crippen LogP contribution in [0.2, 0.25) is 0 Å². The van der Waals surface area contributed by atoms with Gasteiger partial charge >= 0.3 is 12.4 Å². The predicted molar refractivity (Wildman–Crippen MR) is 36.8 cm³/mol. The van der Waals surface area contributed by atoms with Gasteiger partial charge in [-0.15, -0.1) is 0 Å². The molecule has 0 aromatic rings. The fraction of sp³-hybridized carbons (Fsp3) is 0.857. The van der Waals surface area contributed by atoms with Crippen molar-refractivity contribution in [2.24, 2.45) is 5.92 Å². The number of alkyl halides is 6. The van der Waals surface area contributed by atoms with Crippen LogP contribution in [-0.4, -0.2) is 24.3 Å². The molecule has 0 aliphatic heterocycles. The van der Waals surface area contributed by atoms with E-state index in [-0.39, 0.29) is 0 Å². The summed E-state index contributed by atoms with van der Waals surface area (Å²) in [5, 5.41) is 1.69. The molecule has 1 rings (SSSR count).